The Hall–Kier alpha value is -4.03. The highest BCUT2D eigenvalue weighted by Gasteiger charge is 2.33. The number of rotatable bonds is 6. The molecule has 0 fully saturated rings. The molecule has 178 valence electrons. The number of ether oxygens (including phenoxy) is 1. The van der Waals surface area contributed by atoms with Crippen LogP contribution in [0.4, 0.5) is 5.69 Å². The highest BCUT2D eigenvalue weighted by Crippen LogP contribution is 2.29. The van der Waals surface area contributed by atoms with E-state index in [4.69, 9.17) is 10.00 Å². The molecule has 2 unspecified atom stereocenters. The van der Waals surface area contributed by atoms with E-state index in [1.54, 1.807) is 12.1 Å². The highest BCUT2D eigenvalue weighted by molar-refractivity contribution is 5.95. The van der Waals surface area contributed by atoms with Crippen LogP contribution >= 0.6 is 0 Å². The van der Waals surface area contributed by atoms with Gasteiger partial charge in [-0.15, -0.1) is 10.2 Å². The number of nitriles is 1. The molecular weight excluding hydrogens is 442 g/mol. The summed E-state index contributed by atoms with van der Waals surface area (Å²) in [4.78, 5) is 17.1. The van der Waals surface area contributed by atoms with Crippen molar-refractivity contribution in [2.24, 2.45) is 4.99 Å². The lowest BCUT2D eigenvalue weighted by Gasteiger charge is -2.24. The molecule has 2 N–H and O–H groups in total. The number of nitrogens with one attached hydrogen (secondary N) is 2. The zero-order valence-corrected chi connectivity index (χ0v) is 19.6. The first-order chi connectivity index (χ1) is 17.1. The van der Waals surface area contributed by atoms with Crippen molar-refractivity contribution in [1.82, 2.24) is 20.1 Å². The first-order valence-corrected chi connectivity index (χ1v) is 11.8. The Balaban J connectivity index is 1.24. The second-order valence-electron chi connectivity index (χ2n) is 8.80. The topological polar surface area (TPSA) is 117 Å². The lowest BCUT2D eigenvalue weighted by atomic mass is 9.96. The van der Waals surface area contributed by atoms with Gasteiger partial charge in [-0.2, -0.15) is 5.26 Å². The number of aliphatic imine (C=N–C) groups is 1. The zero-order valence-electron chi connectivity index (χ0n) is 19.6. The van der Waals surface area contributed by atoms with Crippen molar-refractivity contribution in [3.8, 4) is 6.07 Å². The summed E-state index contributed by atoms with van der Waals surface area (Å²) in [5.41, 5.74) is 3.92. The number of amides is 1. The average molecular weight is 470 g/mol. The minimum atomic E-state index is -0.172. The van der Waals surface area contributed by atoms with Crippen molar-refractivity contribution in [1.29, 1.82) is 5.26 Å². The third kappa shape index (κ3) is 4.93. The van der Waals surface area contributed by atoms with Gasteiger partial charge in [-0.05, 0) is 61.0 Å². The molecule has 1 aromatic heterocycles. The fourth-order valence-electron chi connectivity index (χ4n) is 4.54. The Morgan fingerprint density at radius 2 is 2.14 bits per heavy atom. The minimum absolute atomic E-state index is 0.0626. The summed E-state index contributed by atoms with van der Waals surface area (Å²) in [5, 5.41) is 24.4. The van der Waals surface area contributed by atoms with Gasteiger partial charge in [0, 0.05) is 24.3 Å². The second-order valence-corrected chi connectivity index (χ2v) is 8.80. The summed E-state index contributed by atoms with van der Waals surface area (Å²) in [6, 6.07) is 15.0. The van der Waals surface area contributed by atoms with Crippen molar-refractivity contribution in [3.05, 3.63) is 76.4 Å². The van der Waals surface area contributed by atoms with Crippen molar-refractivity contribution >= 4 is 17.8 Å². The number of hydrogen-bond acceptors (Lipinski definition) is 7. The summed E-state index contributed by atoms with van der Waals surface area (Å²) in [6.45, 7) is 4.81. The van der Waals surface area contributed by atoms with Crippen LogP contribution in [-0.4, -0.2) is 46.1 Å². The van der Waals surface area contributed by atoms with Crippen LogP contribution in [0.15, 0.2) is 47.5 Å². The van der Waals surface area contributed by atoms with E-state index >= 15 is 0 Å². The van der Waals surface area contributed by atoms with Crippen molar-refractivity contribution < 1.29 is 9.53 Å². The monoisotopic (exact) mass is 469 g/mol. The van der Waals surface area contributed by atoms with Gasteiger partial charge in [0.15, 0.2) is 5.82 Å². The molecule has 0 aliphatic carbocycles. The molecule has 3 heterocycles. The molecule has 2 aliphatic rings. The van der Waals surface area contributed by atoms with Crippen LogP contribution < -0.4 is 10.6 Å². The highest BCUT2D eigenvalue weighted by atomic mass is 16.5. The summed E-state index contributed by atoms with van der Waals surface area (Å²) in [6.07, 6.45) is 2.83. The van der Waals surface area contributed by atoms with Gasteiger partial charge in [-0.3, -0.25) is 9.79 Å². The van der Waals surface area contributed by atoms with E-state index in [0.717, 1.165) is 34.9 Å². The summed E-state index contributed by atoms with van der Waals surface area (Å²) in [7, 11) is 0. The molecule has 3 aromatic rings. The van der Waals surface area contributed by atoms with Crippen molar-refractivity contribution in [2.75, 3.05) is 18.5 Å². The molecule has 9 nitrogen and oxygen atoms in total. The Kier molecular flexibility index (Phi) is 6.55. The lowest BCUT2D eigenvalue weighted by Crippen LogP contribution is -2.28. The maximum Gasteiger partial charge on any atom is 0.251 e. The summed E-state index contributed by atoms with van der Waals surface area (Å²) in [5.74, 6) is 1.81. The Labute approximate surface area is 203 Å². The second kappa shape index (κ2) is 10.1. The van der Waals surface area contributed by atoms with Gasteiger partial charge >= 0.3 is 0 Å². The SMILES string of the molecule is Cc1ccc(C#N)cc1CNC(=O)c1cccc(NCc2nnc3n2CCOC2CN=CCC32)c1. The van der Waals surface area contributed by atoms with E-state index < -0.39 is 0 Å². The number of fused-ring (bicyclic) bond motifs is 3. The van der Waals surface area contributed by atoms with Crippen LogP contribution in [0.2, 0.25) is 0 Å². The third-order valence-corrected chi connectivity index (χ3v) is 6.55. The molecule has 2 aromatic carbocycles. The minimum Gasteiger partial charge on any atom is -0.378 e. The average Bonchev–Trinajstić information content (AvgIpc) is 3.20. The van der Waals surface area contributed by atoms with Gasteiger partial charge in [0.2, 0.25) is 0 Å². The number of anilines is 1. The standard InChI is InChI=1S/C26H27N7O2/c1-17-5-6-18(13-27)11-20(17)14-30-26(34)19-3-2-4-21(12-19)29-16-24-31-32-25-22-7-8-28-15-23(22)35-10-9-33(24)25/h2-6,8,11-12,22-23,29H,7,9-10,14-16H2,1H3,(H,30,34). The van der Waals surface area contributed by atoms with Crippen LogP contribution in [0.25, 0.3) is 0 Å². The molecule has 0 saturated carbocycles. The van der Waals surface area contributed by atoms with Gasteiger partial charge in [0.1, 0.15) is 5.82 Å². The van der Waals surface area contributed by atoms with Crippen LogP contribution in [-0.2, 0) is 24.4 Å². The maximum atomic E-state index is 12.8. The van der Waals surface area contributed by atoms with E-state index in [1.807, 2.05) is 43.5 Å². The molecule has 9 heteroatoms. The molecule has 0 bridgehead atoms. The number of benzene rings is 2. The molecule has 0 saturated heterocycles. The molecule has 2 atom stereocenters. The Morgan fingerprint density at radius 1 is 1.23 bits per heavy atom. The zero-order chi connectivity index (χ0) is 24.2. The quantitative estimate of drug-likeness (QED) is 0.573. The van der Waals surface area contributed by atoms with E-state index in [2.05, 4.69) is 36.5 Å². The van der Waals surface area contributed by atoms with Crippen LogP contribution in [0.3, 0.4) is 0 Å². The van der Waals surface area contributed by atoms with Crippen LogP contribution in [0.1, 0.15) is 51.0 Å². The van der Waals surface area contributed by atoms with Crippen LogP contribution in [0, 0.1) is 18.3 Å². The number of carbonyl (C=O) groups is 1. The normalized spacial score (nSPS) is 18.6. The molecule has 1 amide bonds. The number of carbonyl (C=O) groups excluding carboxylic acids is 1. The van der Waals surface area contributed by atoms with Gasteiger partial charge in [0.05, 0.1) is 43.4 Å². The molecule has 5 rings (SSSR count). The van der Waals surface area contributed by atoms with Gasteiger partial charge in [0.25, 0.3) is 5.91 Å². The largest absolute Gasteiger partial charge is 0.378 e. The molecular formula is C26H27N7O2. The molecule has 35 heavy (non-hydrogen) atoms. The van der Waals surface area contributed by atoms with E-state index in [1.165, 1.54) is 0 Å². The Morgan fingerprint density at radius 3 is 3.03 bits per heavy atom. The smallest absolute Gasteiger partial charge is 0.251 e. The van der Waals surface area contributed by atoms with E-state index in [9.17, 15) is 4.79 Å². The maximum absolute atomic E-state index is 12.8. The number of aryl methyl sites for hydroxylation is 1. The molecule has 0 radical (unpaired) electrons. The predicted octanol–water partition coefficient (Wildman–Crippen LogP) is 2.96. The molecule has 0 spiro atoms. The van der Waals surface area contributed by atoms with Crippen molar-refractivity contribution in [2.45, 2.75) is 45.0 Å². The number of aromatic nitrogens is 3. The summed E-state index contributed by atoms with van der Waals surface area (Å²) >= 11 is 0. The van der Waals surface area contributed by atoms with E-state index in [-0.39, 0.29) is 17.9 Å². The molecule has 2 aliphatic heterocycles. The fourth-order valence-corrected chi connectivity index (χ4v) is 4.54. The van der Waals surface area contributed by atoms with Crippen molar-refractivity contribution in [3.63, 3.8) is 0 Å². The first kappa shape index (κ1) is 22.7. The van der Waals surface area contributed by atoms with Gasteiger partial charge < -0.3 is 19.9 Å². The fraction of sp³-hybridized carbons (Fsp3) is 0.346. The Bertz CT molecular complexity index is 1310. The number of hydrogen-bond donors (Lipinski definition) is 2. The van der Waals surface area contributed by atoms with Gasteiger partial charge in [-0.1, -0.05) is 12.1 Å². The number of nitrogens with zero attached hydrogens (tertiary/aromatic N) is 5. The van der Waals surface area contributed by atoms with E-state index in [0.29, 0.717) is 43.9 Å². The summed E-state index contributed by atoms with van der Waals surface area (Å²) < 4.78 is 8.14. The van der Waals surface area contributed by atoms with Gasteiger partial charge in [-0.25, -0.2) is 0 Å². The lowest BCUT2D eigenvalue weighted by molar-refractivity contribution is 0.0445. The predicted molar refractivity (Wildman–Crippen MR) is 131 cm³/mol. The first-order valence-electron chi connectivity index (χ1n) is 11.8. The van der Waals surface area contributed by atoms with Crippen LogP contribution in [0.5, 0.6) is 0 Å². The third-order valence-electron chi connectivity index (χ3n) is 6.55.